The van der Waals surface area contributed by atoms with Crippen molar-refractivity contribution in [3.8, 4) is 17.5 Å². The number of ether oxygens (including phenoxy) is 4. The fraction of sp³-hybridized carbons (Fsp3) is 0.522. The summed E-state index contributed by atoms with van der Waals surface area (Å²) in [5, 5.41) is 3.49. The summed E-state index contributed by atoms with van der Waals surface area (Å²) in [7, 11) is 1.64. The van der Waals surface area contributed by atoms with Gasteiger partial charge in [-0.15, -0.1) is 0 Å². The second-order valence-corrected chi connectivity index (χ2v) is 8.21. The molecule has 170 valence electrons. The lowest BCUT2D eigenvalue weighted by Gasteiger charge is -2.24. The summed E-state index contributed by atoms with van der Waals surface area (Å²) in [6.07, 6.45) is 6.96. The maximum atomic E-state index is 6.01. The van der Waals surface area contributed by atoms with Gasteiger partial charge in [0.25, 0.3) is 0 Å². The number of methoxy groups -OCH3 is 1. The highest BCUT2D eigenvalue weighted by Gasteiger charge is 2.22. The zero-order chi connectivity index (χ0) is 21.8. The van der Waals surface area contributed by atoms with Crippen LogP contribution in [0.1, 0.15) is 38.3 Å². The van der Waals surface area contributed by atoms with Crippen molar-refractivity contribution in [2.75, 3.05) is 38.8 Å². The topological polar surface area (TPSA) is 92.6 Å². The van der Waals surface area contributed by atoms with Crippen molar-refractivity contribution in [2.24, 2.45) is 5.92 Å². The Balaban J connectivity index is 1.45. The van der Waals surface area contributed by atoms with E-state index in [0.29, 0.717) is 23.1 Å². The van der Waals surface area contributed by atoms with Gasteiger partial charge in [-0.2, -0.15) is 9.97 Å². The Morgan fingerprint density at radius 2 is 1.84 bits per heavy atom. The van der Waals surface area contributed by atoms with Gasteiger partial charge in [0.2, 0.25) is 0 Å². The number of aromatic nitrogens is 4. The monoisotopic (exact) mass is 439 g/mol. The summed E-state index contributed by atoms with van der Waals surface area (Å²) in [5.74, 6) is 2.63. The summed E-state index contributed by atoms with van der Waals surface area (Å²) in [5.41, 5.74) is 1.44. The first-order chi connectivity index (χ1) is 15.8. The summed E-state index contributed by atoms with van der Waals surface area (Å²) < 4.78 is 24.7. The van der Waals surface area contributed by atoms with Crippen molar-refractivity contribution < 1.29 is 18.9 Å². The largest absolute Gasteiger partial charge is 0.497 e. The third-order valence-corrected chi connectivity index (χ3v) is 6.03. The number of nitrogens with one attached hydrogen (secondary N) is 1. The number of fused-ring (bicyclic) bond motifs is 1. The number of rotatable bonds is 7. The van der Waals surface area contributed by atoms with E-state index in [2.05, 4.69) is 15.3 Å². The van der Waals surface area contributed by atoms with Crippen LogP contribution < -0.4 is 14.8 Å². The Hall–Kier alpha value is -2.91. The van der Waals surface area contributed by atoms with Crippen LogP contribution >= 0.6 is 0 Å². The molecule has 4 heterocycles. The van der Waals surface area contributed by atoms with Crippen LogP contribution in [0, 0.1) is 5.92 Å². The maximum Gasteiger partial charge on any atom is 0.326 e. The minimum atomic E-state index is -0.0687. The van der Waals surface area contributed by atoms with Gasteiger partial charge in [0.1, 0.15) is 17.7 Å². The lowest BCUT2D eigenvalue weighted by atomic mass is 10.0. The molecule has 2 aliphatic rings. The van der Waals surface area contributed by atoms with Gasteiger partial charge in [0.05, 0.1) is 13.4 Å². The van der Waals surface area contributed by atoms with Gasteiger partial charge in [-0.1, -0.05) is 0 Å². The Morgan fingerprint density at radius 3 is 2.59 bits per heavy atom. The van der Waals surface area contributed by atoms with Crippen LogP contribution in [0.4, 0.5) is 5.82 Å². The molecule has 5 rings (SSSR count). The summed E-state index contributed by atoms with van der Waals surface area (Å²) in [6, 6.07) is 7.64. The Labute approximate surface area is 187 Å². The number of anilines is 1. The SMILES string of the molecule is COc1ccc(Oc2nc(NCC3CCOCC3)c3ncn(C4CCCCO4)c3n2)cc1. The van der Waals surface area contributed by atoms with Gasteiger partial charge in [-0.05, 0) is 62.3 Å². The molecule has 2 aromatic heterocycles. The molecule has 0 bridgehead atoms. The normalized spacial score (nSPS) is 19.7. The number of hydrogen-bond acceptors (Lipinski definition) is 8. The van der Waals surface area contributed by atoms with E-state index in [1.54, 1.807) is 13.4 Å². The summed E-state index contributed by atoms with van der Waals surface area (Å²) in [6.45, 7) is 3.18. The number of nitrogens with zero attached hydrogens (tertiary/aromatic N) is 4. The van der Waals surface area contributed by atoms with E-state index in [-0.39, 0.29) is 12.2 Å². The van der Waals surface area contributed by atoms with Gasteiger partial charge in [0, 0.05) is 26.4 Å². The minimum absolute atomic E-state index is 0.0687. The van der Waals surface area contributed by atoms with Crippen LogP contribution in [0.25, 0.3) is 11.2 Å². The van der Waals surface area contributed by atoms with E-state index in [4.69, 9.17) is 23.9 Å². The van der Waals surface area contributed by atoms with Crippen molar-refractivity contribution in [1.29, 1.82) is 0 Å². The molecule has 9 nitrogen and oxygen atoms in total. The van der Waals surface area contributed by atoms with E-state index in [1.165, 1.54) is 0 Å². The zero-order valence-electron chi connectivity index (χ0n) is 18.3. The molecule has 0 spiro atoms. The molecule has 2 saturated heterocycles. The Kier molecular flexibility index (Phi) is 6.36. The zero-order valence-corrected chi connectivity index (χ0v) is 18.3. The molecule has 3 aromatic rings. The molecule has 32 heavy (non-hydrogen) atoms. The van der Waals surface area contributed by atoms with E-state index < -0.39 is 0 Å². The minimum Gasteiger partial charge on any atom is -0.497 e. The van der Waals surface area contributed by atoms with Crippen LogP contribution in [0.15, 0.2) is 30.6 Å². The molecule has 9 heteroatoms. The highest BCUT2D eigenvalue weighted by Crippen LogP contribution is 2.31. The lowest BCUT2D eigenvalue weighted by molar-refractivity contribution is -0.0298. The molecule has 1 N–H and O–H groups in total. The van der Waals surface area contributed by atoms with Crippen molar-refractivity contribution in [3.05, 3.63) is 30.6 Å². The van der Waals surface area contributed by atoms with Crippen LogP contribution in [0.5, 0.6) is 17.5 Å². The van der Waals surface area contributed by atoms with Crippen LogP contribution in [-0.4, -0.2) is 53.0 Å². The Bertz CT molecular complexity index is 1030. The first-order valence-corrected chi connectivity index (χ1v) is 11.3. The molecular formula is C23H29N5O4. The fourth-order valence-electron chi connectivity index (χ4n) is 4.16. The van der Waals surface area contributed by atoms with Crippen molar-refractivity contribution in [1.82, 2.24) is 19.5 Å². The molecule has 2 aliphatic heterocycles. The molecular weight excluding hydrogens is 410 g/mol. The fourth-order valence-corrected chi connectivity index (χ4v) is 4.16. The van der Waals surface area contributed by atoms with Gasteiger partial charge < -0.3 is 24.3 Å². The number of hydrogen-bond donors (Lipinski definition) is 1. The summed E-state index contributed by atoms with van der Waals surface area (Å²) in [4.78, 5) is 14.0. The molecule has 0 aliphatic carbocycles. The van der Waals surface area contributed by atoms with Gasteiger partial charge >= 0.3 is 6.01 Å². The molecule has 0 radical (unpaired) electrons. The van der Waals surface area contributed by atoms with Crippen LogP contribution in [0.2, 0.25) is 0 Å². The second kappa shape index (κ2) is 9.70. The third kappa shape index (κ3) is 4.63. The average Bonchev–Trinajstić information content (AvgIpc) is 3.28. The first kappa shape index (κ1) is 21.0. The molecule has 2 fully saturated rings. The molecule has 1 atom stereocenters. The average molecular weight is 440 g/mol. The van der Waals surface area contributed by atoms with Crippen LogP contribution in [-0.2, 0) is 9.47 Å². The predicted molar refractivity (Wildman–Crippen MR) is 119 cm³/mol. The van der Waals surface area contributed by atoms with E-state index >= 15 is 0 Å². The van der Waals surface area contributed by atoms with E-state index in [0.717, 1.165) is 69.7 Å². The third-order valence-electron chi connectivity index (χ3n) is 6.03. The smallest absolute Gasteiger partial charge is 0.326 e. The molecule has 1 unspecified atom stereocenters. The standard InChI is InChI=1S/C23H29N5O4/c1-29-17-5-7-18(8-6-17)32-23-26-21(24-14-16-9-12-30-13-10-16)20-22(27-23)28(15-25-20)19-4-2-3-11-31-19/h5-8,15-16,19H,2-4,9-14H2,1H3,(H,24,26,27). The molecule has 0 saturated carbocycles. The summed E-state index contributed by atoms with van der Waals surface area (Å²) >= 11 is 0. The predicted octanol–water partition coefficient (Wildman–Crippen LogP) is 4.16. The van der Waals surface area contributed by atoms with Crippen molar-refractivity contribution in [3.63, 3.8) is 0 Å². The highest BCUT2D eigenvalue weighted by molar-refractivity contribution is 5.83. The van der Waals surface area contributed by atoms with Crippen LogP contribution in [0.3, 0.4) is 0 Å². The number of imidazole rings is 1. The van der Waals surface area contributed by atoms with Gasteiger partial charge in [-0.3, -0.25) is 4.57 Å². The lowest BCUT2D eigenvalue weighted by Crippen LogP contribution is -2.23. The maximum absolute atomic E-state index is 6.01. The highest BCUT2D eigenvalue weighted by atomic mass is 16.5. The molecule has 0 amide bonds. The van der Waals surface area contributed by atoms with Crippen molar-refractivity contribution >= 4 is 17.0 Å². The number of benzene rings is 1. The van der Waals surface area contributed by atoms with Gasteiger partial charge in [-0.25, -0.2) is 4.98 Å². The molecule has 1 aromatic carbocycles. The second-order valence-electron chi connectivity index (χ2n) is 8.21. The quantitative estimate of drug-likeness (QED) is 0.587. The van der Waals surface area contributed by atoms with E-state index in [9.17, 15) is 0 Å². The van der Waals surface area contributed by atoms with Crippen molar-refractivity contribution in [2.45, 2.75) is 38.3 Å². The van der Waals surface area contributed by atoms with E-state index in [1.807, 2.05) is 28.8 Å². The van der Waals surface area contributed by atoms with Gasteiger partial charge in [0.15, 0.2) is 17.0 Å². The first-order valence-electron chi connectivity index (χ1n) is 11.3. The Morgan fingerprint density at radius 1 is 1.03 bits per heavy atom.